The Morgan fingerprint density at radius 3 is 1.44 bits per heavy atom. The molecule has 0 fully saturated rings. The van der Waals surface area contributed by atoms with Crippen LogP contribution in [0.3, 0.4) is 0 Å². The maximum Gasteiger partial charge on any atom is 0.271 e. The third-order valence-electron chi connectivity index (χ3n) is 17.2. The van der Waals surface area contributed by atoms with Crippen molar-refractivity contribution in [3.63, 3.8) is 0 Å². The van der Waals surface area contributed by atoms with E-state index in [9.17, 15) is 25.7 Å². The normalized spacial score (nSPS) is 10.5. The second kappa shape index (κ2) is 33.3. The van der Waals surface area contributed by atoms with Crippen LogP contribution in [0, 0.1) is 91.9 Å². The highest BCUT2D eigenvalue weighted by Crippen LogP contribution is 2.33. The summed E-state index contributed by atoms with van der Waals surface area (Å²) in [7, 11) is 3.29. The molecule has 7 heterocycles. The molecule has 14 aromatic rings. The van der Waals surface area contributed by atoms with Gasteiger partial charge in [0.1, 0.15) is 76.5 Å². The van der Waals surface area contributed by atoms with E-state index >= 15 is 0 Å². The quantitative estimate of drug-likeness (QED) is 0.0803. The first-order valence-corrected chi connectivity index (χ1v) is 33.4. The summed E-state index contributed by atoms with van der Waals surface area (Å²) in [5, 5.41) is 80.3. The SMILES string of the molecule is CC(C)n1cc(C#N)c2ccc(O)cc21.CCOc1ccc2c(C#N)cn(CC)c2c1.CCn1cc(C#N)c2ccc(OC(C)C)cc21.CCn1cc(C#N)c2ccc(OC)cc21.COc1ccc2c(C#N)cn(-c3ccc(C)c(C)c3)c2c1.N#Cc1c(-n2cccc2)[nH]c2cc([N+](=O)[O-])ccc12. The fourth-order valence-corrected chi connectivity index (χ4v) is 11.9. The molecule has 0 aliphatic carbocycles. The number of aromatic nitrogens is 7. The number of hydrogen-bond acceptors (Lipinski definition) is 13. The zero-order valence-corrected chi connectivity index (χ0v) is 59.5. The first-order valence-electron chi connectivity index (χ1n) is 33.4. The van der Waals surface area contributed by atoms with Crippen LogP contribution in [0.4, 0.5) is 5.69 Å². The van der Waals surface area contributed by atoms with Crippen LogP contribution < -0.4 is 18.9 Å². The van der Waals surface area contributed by atoms with E-state index in [2.05, 4.69) is 108 Å². The number of H-pyrrole nitrogens is 1. The molecule has 0 aliphatic heterocycles. The molecule has 0 aliphatic rings. The van der Waals surface area contributed by atoms with Gasteiger partial charge in [0.2, 0.25) is 0 Å². The monoisotopic (exact) mass is 1370 g/mol. The minimum Gasteiger partial charge on any atom is -0.508 e. The molecule has 21 nitrogen and oxygen atoms in total. The van der Waals surface area contributed by atoms with Crippen LogP contribution >= 0.6 is 0 Å². The van der Waals surface area contributed by atoms with E-state index in [0.717, 1.165) is 120 Å². The number of phenolic OH excluding ortho intramolecular Hbond substituents is 1. The summed E-state index contributed by atoms with van der Waals surface area (Å²) in [5.41, 5.74) is 13.1. The first kappa shape index (κ1) is 73.6. The topological polar surface area (TPSA) is 288 Å². The van der Waals surface area contributed by atoms with Crippen molar-refractivity contribution in [2.75, 3.05) is 20.8 Å². The summed E-state index contributed by atoms with van der Waals surface area (Å²) in [6.07, 6.45) is 13.1. The number of aromatic amines is 1. The number of aromatic hydroxyl groups is 1. The predicted molar refractivity (Wildman–Crippen MR) is 402 cm³/mol. The second-order valence-corrected chi connectivity index (χ2v) is 24.2. The molecule has 0 atom stereocenters. The van der Waals surface area contributed by atoms with Crippen molar-refractivity contribution < 1.29 is 29.0 Å². The lowest BCUT2D eigenvalue weighted by atomic mass is 10.1. The van der Waals surface area contributed by atoms with Gasteiger partial charge in [-0.2, -0.15) is 31.6 Å². The zero-order valence-electron chi connectivity index (χ0n) is 59.5. The third kappa shape index (κ3) is 16.3. The van der Waals surface area contributed by atoms with Gasteiger partial charge in [0.05, 0.1) is 92.8 Å². The maximum atomic E-state index is 10.8. The van der Waals surface area contributed by atoms with E-state index in [0.29, 0.717) is 40.0 Å². The number of benzene rings is 7. The summed E-state index contributed by atoms with van der Waals surface area (Å²) in [4.78, 5) is 13.3. The summed E-state index contributed by atoms with van der Waals surface area (Å²) >= 11 is 0. The second-order valence-electron chi connectivity index (χ2n) is 24.2. The minimum absolute atomic E-state index is 0.00250. The maximum absolute atomic E-state index is 10.8. The highest BCUT2D eigenvalue weighted by Gasteiger charge is 2.18. The third-order valence-corrected chi connectivity index (χ3v) is 17.2. The molecular weight excluding hydrogens is 1290 g/mol. The molecule has 0 bridgehead atoms. The molecule has 21 heteroatoms. The zero-order chi connectivity index (χ0) is 74.2. The van der Waals surface area contributed by atoms with Crippen molar-refractivity contribution in [1.29, 1.82) is 31.6 Å². The van der Waals surface area contributed by atoms with Crippen LogP contribution in [0.5, 0.6) is 28.7 Å². The van der Waals surface area contributed by atoms with E-state index in [1.54, 1.807) is 55.4 Å². The van der Waals surface area contributed by atoms with E-state index in [4.69, 9.17) is 40.0 Å². The van der Waals surface area contributed by atoms with Gasteiger partial charge in [0, 0.05) is 150 Å². The summed E-state index contributed by atoms with van der Waals surface area (Å²) in [6, 6.07) is 56.2. The standard InChI is InChI=1S/C18H16N2O.C14H16N2O.C13H8N4O2.C13H14N2O.2C12H12N2O/c1-12-4-5-15(8-13(12)2)20-11-14(10-19)17-7-6-16(21-3)9-18(17)20;1-4-16-9-11(8-15)13-6-5-12(7-14(13)16)17-10(2)3;14-8-11-10-4-3-9(17(18)19)7-12(10)15-13(11)16-5-1-2-6-16;1-3-15-9-10(8-14)12-6-5-11(16-4-2)7-13(12)15;1-8(2)14-7-9(6-13)11-4-3-10(15)5-12(11)14;1-3-14-8-9(7-13)11-5-4-10(15-2)6-12(11)14/h4-9,11H,1-3H3;5-7,9-10H,4H2,1-3H3;1-7,15H;5-7,9H,3-4H2,1-2H3;3-5,7-8,15H,1-2H3;4-6,8H,3H2,1-2H3. The van der Waals surface area contributed by atoms with Gasteiger partial charge < -0.3 is 56.4 Å². The minimum atomic E-state index is -0.457. The molecule has 0 radical (unpaired) electrons. The van der Waals surface area contributed by atoms with Gasteiger partial charge in [-0.1, -0.05) is 6.07 Å². The van der Waals surface area contributed by atoms with Crippen molar-refractivity contribution >= 4 is 71.1 Å². The van der Waals surface area contributed by atoms with Crippen LogP contribution in [0.1, 0.15) is 106 Å². The Morgan fingerprint density at radius 1 is 0.505 bits per heavy atom. The van der Waals surface area contributed by atoms with Crippen LogP contribution in [-0.4, -0.2) is 69.3 Å². The summed E-state index contributed by atoms with van der Waals surface area (Å²) in [6.45, 7) is 23.6. The van der Waals surface area contributed by atoms with Crippen LogP contribution in [0.15, 0.2) is 183 Å². The molecule has 0 spiro atoms. The Kier molecular flexibility index (Phi) is 23.8. The number of nitro benzene ring substituents is 1. The van der Waals surface area contributed by atoms with Gasteiger partial charge in [-0.3, -0.25) is 10.1 Å². The molecule has 0 saturated heterocycles. The van der Waals surface area contributed by atoms with Crippen LogP contribution in [0.2, 0.25) is 0 Å². The highest BCUT2D eigenvalue weighted by atomic mass is 16.6. The number of hydrogen-bond donors (Lipinski definition) is 2. The van der Waals surface area contributed by atoms with Crippen LogP contribution in [-0.2, 0) is 19.6 Å². The summed E-state index contributed by atoms with van der Waals surface area (Å²) < 4.78 is 33.6. The number of rotatable bonds is 13. The van der Waals surface area contributed by atoms with Gasteiger partial charge in [0.25, 0.3) is 5.69 Å². The van der Waals surface area contributed by atoms with Gasteiger partial charge >= 0.3 is 0 Å². The molecule has 103 heavy (non-hydrogen) atoms. The lowest BCUT2D eigenvalue weighted by Crippen LogP contribution is -2.05. The highest BCUT2D eigenvalue weighted by molar-refractivity contribution is 5.93. The number of methoxy groups -OCH3 is 2. The number of non-ortho nitro benzene ring substituents is 1. The van der Waals surface area contributed by atoms with Crippen molar-refractivity contribution in [1.82, 2.24) is 32.4 Å². The molecule has 518 valence electrons. The van der Waals surface area contributed by atoms with E-state index in [-0.39, 0.29) is 23.6 Å². The van der Waals surface area contributed by atoms with Crippen LogP contribution in [0.25, 0.3) is 76.9 Å². The number of nitriles is 6. The fourth-order valence-electron chi connectivity index (χ4n) is 11.9. The molecule has 2 N–H and O–H groups in total. The van der Waals surface area contributed by atoms with Crippen molar-refractivity contribution in [3.8, 4) is 76.7 Å². The van der Waals surface area contributed by atoms with Gasteiger partial charge in [-0.05, 0) is 171 Å². The Morgan fingerprint density at radius 2 is 0.961 bits per heavy atom. The van der Waals surface area contributed by atoms with E-state index in [1.165, 1.54) is 23.3 Å². The lowest BCUT2D eigenvalue weighted by Gasteiger charge is -2.10. The van der Waals surface area contributed by atoms with Gasteiger partial charge in [0.15, 0.2) is 0 Å². The van der Waals surface area contributed by atoms with Crippen molar-refractivity contribution in [2.24, 2.45) is 0 Å². The Labute approximate surface area is 597 Å². The number of phenols is 1. The number of nitro groups is 1. The number of fused-ring (bicyclic) bond motifs is 6. The van der Waals surface area contributed by atoms with E-state index in [1.807, 2.05) is 160 Å². The number of ether oxygens (including phenoxy) is 4. The fraction of sp³-hybridized carbons (Fsp3) is 0.220. The molecular formula is C82H78N14O7. The summed E-state index contributed by atoms with van der Waals surface area (Å²) in [5.74, 6) is 4.15. The molecule has 7 aromatic heterocycles. The average Bonchev–Trinajstić information content (AvgIpc) is 1.68. The lowest BCUT2D eigenvalue weighted by molar-refractivity contribution is -0.384. The molecule has 0 saturated carbocycles. The smallest absolute Gasteiger partial charge is 0.271 e. The molecule has 0 unspecified atom stereocenters. The average molecular weight is 1370 g/mol. The number of nitrogens with zero attached hydrogens (tertiary/aromatic N) is 13. The first-order chi connectivity index (χ1) is 49.7. The Balaban J connectivity index is 0.000000144. The van der Waals surface area contributed by atoms with Gasteiger partial charge in [-0.25, -0.2) is 0 Å². The largest absolute Gasteiger partial charge is 0.508 e. The molecule has 7 aromatic carbocycles. The molecule has 0 amide bonds. The van der Waals surface area contributed by atoms with Crippen molar-refractivity contribution in [3.05, 3.63) is 238 Å². The Bertz CT molecular complexity index is 5670. The number of aryl methyl sites for hydroxylation is 5. The number of nitrogens with one attached hydrogen (secondary N) is 1. The van der Waals surface area contributed by atoms with E-state index < -0.39 is 4.92 Å². The predicted octanol–water partition coefficient (Wildman–Crippen LogP) is 18.5. The molecule has 14 rings (SSSR count). The Hall–Kier alpha value is -13.6. The van der Waals surface area contributed by atoms with Crippen molar-refractivity contribution in [2.45, 2.75) is 101 Å². The van der Waals surface area contributed by atoms with Gasteiger partial charge in [-0.15, -0.1) is 0 Å².